The maximum atomic E-state index is 10.8. The van der Waals surface area contributed by atoms with Crippen LogP contribution in [0.4, 0.5) is 17.1 Å². The molecule has 7 nitrogen and oxygen atoms in total. The number of nitrogens with one attached hydrogen (secondary N) is 1. The number of hydrogen-bond acceptors (Lipinski definition) is 5. The van der Waals surface area contributed by atoms with Crippen molar-refractivity contribution in [2.45, 2.75) is 19.3 Å². The van der Waals surface area contributed by atoms with Crippen LogP contribution in [0.2, 0.25) is 0 Å². The quantitative estimate of drug-likeness (QED) is 0.291. The molecule has 0 bridgehead atoms. The average Bonchev–Trinajstić information content (AvgIpc) is 2.27. The Balaban J connectivity index is 2.54. The van der Waals surface area contributed by atoms with Gasteiger partial charge in [0.25, 0.3) is 0 Å². The van der Waals surface area contributed by atoms with Gasteiger partial charge in [-0.1, -0.05) is 6.07 Å². The molecule has 0 saturated carbocycles. The minimum Gasteiger partial charge on any atom is -0.393 e. The Labute approximate surface area is 104 Å². The lowest BCUT2D eigenvalue weighted by Crippen LogP contribution is -2.11. The van der Waals surface area contributed by atoms with Crippen LogP contribution in [0.5, 0.6) is 0 Å². The number of unbranched alkanes of at least 4 members (excludes halogenated alkanes) is 1. The molecule has 0 fully saturated rings. The van der Waals surface area contributed by atoms with Gasteiger partial charge in [0.1, 0.15) is 11.4 Å². The topological polar surface area (TPSA) is 124 Å². The highest BCUT2D eigenvalue weighted by Crippen LogP contribution is 2.30. The molecule has 7 heteroatoms. The van der Waals surface area contributed by atoms with E-state index in [2.05, 4.69) is 5.32 Å². The number of amides is 1. The van der Waals surface area contributed by atoms with Gasteiger partial charge in [-0.3, -0.25) is 14.9 Å². The molecule has 5 N–H and O–H groups in total. The Morgan fingerprint density at radius 2 is 2.11 bits per heavy atom. The van der Waals surface area contributed by atoms with Crippen LogP contribution in [0, 0.1) is 10.1 Å². The van der Waals surface area contributed by atoms with Gasteiger partial charge in [0.15, 0.2) is 0 Å². The molecule has 1 aromatic carbocycles. The van der Waals surface area contributed by atoms with E-state index in [1.54, 1.807) is 12.1 Å². The van der Waals surface area contributed by atoms with Crippen molar-refractivity contribution in [1.29, 1.82) is 0 Å². The van der Waals surface area contributed by atoms with E-state index >= 15 is 0 Å². The summed E-state index contributed by atoms with van der Waals surface area (Å²) in [5.74, 6) is -0.343. The highest BCUT2D eigenvalue weighted by molar-refractivity contribution is 5.74. The number of para-hydroxylation sites is 1. The number of carbonyl (C=O) groups excluding carboxylic acids is 1. The molecule has 0 atom stereocenters. The number of anilines is 2. The Kier molecular flexibility index (Phi) is 4.91. The number of hydrogen-bond donors (Lipinski definition) is 3. The molecule has 1 aromatic rings. The van der Waals surface area contributed by atoms with E-state index in [1.807, 2.05) is 0 Å². The first-order valence-corrected chi connectivity index (χ1v) is 5.57. The number of rotatable bonds is 7. The maximum Gasteiger partial charge on any atom is 0.314 e. The first kappa shape index (κ1) is 13.8. The predicted molar refractivity (Wildman–Crippen MR) is 69.0 cm³/mol. The van der Waals surface area contributed by atoms with Crippen LogP contribution in [0.1, 0.15) is 19.3 Å². The normalized spacial score (nSPS) is 10.0. The summed E-state index contributed by atoms with van der Waals surface area (Å²) >= 11 is 0. The number of primary amides is 1. The van der Waals surface area contributed by atoms with Crippen LogP contribution >= 0.6 is 0 Å². The summed E-state index contributed by atoms with van der Waals surface area (Å²) in [6, 6.07) is 4.73. The molecule has 98 valence electrons. The van der Waals surface area contributed by atoms with Crippen LogP contribution in [-0.2, 0) is 4.79 Å². The van der Waals surface area contributed by atoms with Gasteiger partial charge in [-0.15, -0.1) is 0 Å². The molecule has 1 rings (SSSR count). The first-order chi connectivity index (χ1) is 8.52. The third-order valence-corrected chi connectivity index (χ3v) is 2.42. The van der Waals surface area contributed by atoms with Crippen LogP contribution in [-0.4, -0.2) is 17.4 Å². The van der Waals surface area contributed by atoms with E-state index in [0.717, 1.165) is 0 Å². The van der Waals surface area contributed by atoms with Gasteiger partial charge >= 0.3 is 5.69 Å². The van der Waals surface area contributed by atoms with E-state index in [0.29, 0.717) is 31.5 Å². The average molecular weight is 252 g/mol. The van der Waals surface area contributed by atoms with Gasteiger partial charge in [0, 0.05) is 13.0 Å². The van der Waals surface area contributed by atoms with E-state index in [-0.39, 0.29) is 17.3 Å². The zero-order valence-electron chi connectivity index (χ0n) is 9.89. The van der Waals surface area contributed by atoms with Crippen LogP contribution in [0.15, 0.2) is 18.2 Å². The fourth-order valence-corrected chi connectivity index (χ4v) is 1.56. The Hall–Kier alpha value is -2.31. The highest BCUT2D eigenvalue weighted by Gasteiger charge is 2.16. The van der Waals surface area contributed by atoms with E-state index in [4.69, 9.17) is 11.5 Å². The molecule has 0 unspecified atom stereocenters. The second-order valence-corrected chi connectivity index (χ2v) is 3.85. The molecule has 1 amide bonds. The summed E-state index contributed by atoms with van der Waals surface area (Å²) in [6.45, 7) is 0.525. The molecular formula is C11H16N4O3. The molecular weight excluding hydrogens is 236 g/mol. The molecule has 0 aliphatic carbocycles. The number of benzene rings is 1. The second kappa shape index (κ2) is 6.43. The summed E-state index contributed by atoms with van der Waals surface area (Å²) in [5.41, 5.74) is 11.0. The van der Waals surface area contributed by atoms with Crippen LogP contribution in [0.25, 0.3) is 0 Å². The van der Waals surface area contributed by atoms with Gasteiger partial charge in [-0.05, 0) is 25.0 Å². The first-order valence-electron chi connectivity index (χ1n) is 5.57. The molecule has 0 saturated heterocycles. The SMILES string of the molecule is NC(=O)CCCCNc1cccc(N)c1[N+](=O)[O-]. The molecule has 0 aromatic heterocycles. The van der Waals surface area contributed by atoms with E-state index < -0.39 is 4.92 Å². The van der Waals surface area contributed by atoms with Gasteiger partial charge in [-0.25, -0.2) is 0 Å². The Morgan fingerprint density at radius 1 is 1.39 bits per heavy atom. The largest absolute Gasteiger partial charge is 0.393 e. The monoisotopic (exact) mass is 252 g/mol. The molecule has 0 spiro atoms. The third-order valence-electron chi connectivity index (χ3n) is 2.42. The number of nitro benzene ring substituents is 1. The van der Waals surface area contributed by atoms with Crippen LogP contribution < -0.4 is 16.8 Å². The van der Waals surface area contributed by atoms with E-state index in [1.165, 1.54) is 6.07 Å². The molecule has 0 aliphatic heterocycles. The van der Waals surface area contributed by atoms with E-state index in [9.17, 15) is 14.9 Å². The zero-order chi connectivity index (χ0) is 13.5. The number of carbonyl (C=O) groups is 1. The standard InChI is InChI=1S/C11H16N4O3/c12-8-4-3-5-9(11(8)15(17)18)14-7-2-1-6-10(13)16/h3-5,14H,1-2,6-7,12H2,(H2,13,16). The fourth-order valence-electron chi connectivity index (χ4n) is 1.56. The summed E-state index contributed by atoms with van der Waals surface area (Å²) in [7, 11) is 0. The number of nitrogens with two attached hydrogens (primary N) is 2. The Bertz CT molecular complexity index is 448. The predicted octanol–water partition coefficient (Wildman–Crippen LogP) is 1.24. The smallest absolute Gasteiger partial charge is 0.314 e. The summed E-state index contributed by atoms with van der Waals surface area (Å²) in [6.07, 6.45) is 1.67. The fraction of sp³-hybridized carbons (Fsp3) is 0.364. The van der Waals surface area contributed by atoms with Crippen molar-refractivity contribution in [3.63, 3.8) is 0 Å². The van der Waals surface area contributed by atoms with Gasteiger partial charge in [0.2, 0.25) is 5.91 Å². The van der Waals surface area contributed by atoms with Crippen LogP contribution in [0.3, 0.4) is 0 Å². The second-order valence-electron chi connectivity index (χ2n) is 3.85. The van der Waals surface area contributed by atoms with Crippen molar-refractivity contribution in [3.05, 3.63) is 28.3 Å². The van der Waals surface area contributed by atoms with Crippen molar-refractivity contribution in [2.75, 3.05) is 17.6 Å². The van der Waals surface area contributed by atoms with Crippen molar-refractivity contribution >= 4 is 23.0 Å². The van der Waals surface area contributed by atoms with Gasteiger partial charge < -0.3 is 16.8 Å². The van der Waals surface area contributed by atoms with Crippen molar-refractivity contribution < 1.29 is 9.72 Å². The lowest BCUT2D eigenvalue weighted by Gasteiger charge is -2.07. The minimum absolute atomic E-state index is 0.118. The third kappa shape index (κ3) is 3.93. The maximum absolute atomic E-state index is 10.8. The molecule has 0 heterocycles. The Morgan fingerprint density at radius 3 is 2.72 bits per heavy atom. The summed E-state index contributed by atoms with van der Waals surface area (Å²) in [5, 5.41) is 13.8. The number of nitrogen functional groups attached to an aromatic ring is 1. The van der Waals surface area contributed by atoms with Gasteiger partial charge in [-0.2, -0.15) is 0 Å². The highest BCUT2D eigenvalue weighted by atomic mass is 16.6. The summed E-state index contributed by atoms with van der Waals surface area (Å²) in [4.78, 5) is 20.8. The molecule has 0 aliphatic rings. The zero-order valence-corrected chi connectivity index (χ0v) is 9.89. The lowest BCUT2D eigenvalue weighted by molar-refractivity contribution is -0.383. The van der Waals surface area contributed by atoms with Gasteiger partial charge in [0.05, 0.1) is 4.92 Å². The van der Waals surface area contributed by atoms with Crippen molar-refractivity contribution in [1.82, 2.24) is 0 Å². The van der Waals surface area contributed by atoms with Crippen molar-refractivity contribution in [3.8, 4) is 0 Å². The minimum atomic E-state index is -0.513. The number of nitro groups is 1. The summed E-state index contributed by atoms with van der Waals surface area (Å²) < 4.78 is 0. The molecule has 18 heavy (non-hydrogen) atoms. The number of nitrogens with zero attached hydrogens (tertiary/aromatic N) is 1. The van der Waals surface area contributed by atoms with Crippen molar-refractivity contribution in [2.24, 2.45) is 5.73 Å². The lowest BCUT2D eigenvalue weighted by atomic mass is 10.2. The molecule has 0 radical (unpaired) electrons.